The number of hydrogen-bond acceptors (Lipinski definition) is 4. The first-order chi connectivity index (χ1) is 8.42. The van der Waals surface area contributed by atoms with Gasteiger partial charge in [-0.05, 0) is 25.0 Å². The van der Waals surface area contributed by atoms with Gasteiger partial charge in [-0.25, -0.2) is 9.97 Å². The van der Waals surface area contributed by atoms with Crippen LogP contribution in [-0.4, -0.2) is 15.0 Å². The number of rotatable bonds is 2. The van der Waals surface area contributed by atoms with E-state index in [9.17, 15) is 0 Å². The quantitative estimate of drug-likeness (QED) is 0.836. The van der Waals surface area contributed by atoms with E-state index in [4.69, 9.17) is 0 Å². The van der Waals surface area contributed by atoms with Crippen LogP contribution in [0.3, 0.4) is 0 Å². The average molecular weight is 226 g/mol. The minimum absolute atomic E-state index is 0. The van der Waals surface area contributed by atoms with Gasteiger partial charge in [0.1, 0.15) is 5.82 Å². The van der Waals surface area contributed by atoms with Gasteiger partial charge in [0, 0.05) is 7.62 Å². The van der Waals surface area contributed by atoms with Gasteiger partial charge in [0.2, 0.25) is 0 Å². The van der Waals surface area contributed by atoms with Crippen LogP contribution in [-0.2, 0) is 0 Å². The van der Waals surface area contributed by atoms with Gasteiger partial charge in [-0.3, -0.25) is 4.98 Å². The van der Waals surface area contributed by atoms with E-state index in [1.165, 1.54) is 0 Å². The van der Waals surface area contributed by atoms with Crippen LogP contribution in [0.4, 0.5) is 11.6 Å². The van der Waals surface area contributed by atoms with E-state index in [2.05, 4.69) is 32.4 Å². The first kappa shape index (κ1) is 9.96. The van der Waals surface area contributed by atoms with E-state index in [1.807, 2.05) is 18.2 Å². The molecule has 0 amide bonds. The lowest BCUT2D eigenvalue weighted by molar-refractivity contribution is 1.02. The normalized spacial score (nSPS) is 13.2. The largest absolute Gasteiger partial charge is 0.324 e. The van der Waals surface area contributed by atoms with Gasteiger partial charge in [0.15, 0.2) is 5.82 Å². The summed E-state index contributed by atoms with van der Waals surface area (Å²) in [5, 5.41) is 5.07. The molecule has 0 saturated carbocycles. The molecule has 0 spiro atoms. The van der Waals surface area contributed by atoms with Crippen LogP contribution >= 0.6 is 0 Å². The van der Waals surface area contributed by atoms with Gasteiger partial charge in [-0.2, -0.15) is 0 Å². The third-order valence-corrected chi connectivity index (χ3v) is 2.59. The first-order valence-electron chi connectivity index (χ1n) is 5.63. The van der Waals surface area contributed by atoms with Crippen molar-refractivity contribution in [1.82, 2.24) is 15.0 Å². The van der Waals surface area contributed by atoms with E-state index < -0.39 is 0 Å². The maximum atomic E-state index is 4.51. The fourth-order valence-corrected chi connectivity index (χ4v) is 1.79. The highest BCUT2D eigenvalue weighted by atomic mass is 15.1. The van der Waals surface area contributed by atoms with Gasteiger partial charge in [-0.15, -0.1) is 0 Å². The third kappa shape index (κ3) is 2.15. The number of pyridine rings is 1. The third-order valence-electron chi connectivity index (χ3n) is 2.59. The minimum Gasteiger partial charge on any atom is -0.324 e. The molecule has 2 aromatic heterocycles. The number of hydrogen-bond donors (Lipinski definition) is 1. The Kier molecular flexibility index (Phi) is 2.54. The zero-order chi connectivity index (χ0) is 11.5. The van der Waals surface area contributed by atoms with Crippen LogP contribution in [0.25, 0.3) is 12.2 Å². The Morgan fingerprint density at radius 1 is 1.00 bits per heavy atom. The van der Waals surface area contributed by atoms with E-state index in [1.54, 1.807) is 12.4 Å². The zero-order valence-electron chi connectivity index (χ0n) is 9.30. The van der Waals surface area contributed by atoms with Crippen molar-refractivity contribution in [2.24, 2.45) is 0 Å². The molecule has 4 nitrogen and oxygen atoms in total. The van der Waals surface area contributed by atoms with Crippen molar-refractivity contribution in [3.63, 3.8) is 0 Å². The maximum Gasteiger partial charge on any atom is 0.150 e. The number of nitrogens with one attached hydrogen (secondary N) is 1. The monoisotopic (exact) mass is 226 g/mol. The van der Waals surface area contributed by atoms with E-state index >= 15 is 0 Å². The highest BCUT2D eigenvalue weighted by Gasteiger charge is 2.00. The van der Waals surface area contributed by atoms with Gasteiger partial charge in [0.05, 0.1) is 16.9 Å². The molecule has 0 unspecified atom stereocenters. The number of anilines is 2. The molecule has 0 radical (unpaired) electrons. The molecule has 3 rings (SSSR count). The summed E-state index contributed by atoms with van der Waals surface area (Å²) in [6.07, 6.45) is 9.81. The standard InChI is InChI=1S/C13H12N4.H2/c1-2-6-11-10(5-1)15-9-13(16-11)17-12-7-3-4-8-14-12;/h3-9H,1-2H2,(H,14,16,17);1H. The predicted octanol–water partition coefficient (Wildman–Crippen LogP) is 1.22. The molecule has 17 heavy (non-hydrogen) atoms. The highest BCUT2D eigenvalue weighted by Crippen LogP contribution is 2.07. The average Bonchev–Trinajstić information content (AvgIpc) is 2.40. The molecule has 0 fully saturated rings. The van der Waals surface area contributed by atoms with Crippen LogP contribution in [0.1, 0.15) is 14.3 Å². The van der Waals surface area contributed by atoms with Crippen molar-refractivity contribution < 1.29 is 1.43 Å². The van der Waals surface area contributed by atoms with Gasteiger partial charge in [-0.1, -0.05) is 18.2 Å². The molecule has 1 aliphatic carbocycles. The Morgan fingerprint density at radius 3 is 2.71 bits per heavy atom. The van der Waals surface area contributed by atoms with E-state index in [-0.39, 0.29) is 1.43 Å². The van der Waals surface area contributed by atoms with Crippen LogP contribution in [0.5, 0.6) is 0 Å². The lowest BCUT2D eigenvalue weighted by Crippen LogP contribution is -2.33. The topological polar surface area (TPSA) is 50.7 Å². The highest BCUT2D eigenvalue weighted by molar-refractivity contribution is 5.50. The van der Waals surface area contributed by atoms with Crippen LogP contribution in [0.2, 0.25) is 0 Å². The fraction of sp³-hybridized carbons (Fsp3) is 0.154. The first-order valence-corrected chi connectivity index (χ1v) is 5.63. The van der Waals surface area contributed by atoms with E-state index in [0.29, 0.717) is 0 Å². The van der Waals surface area contributed by atoms with Crippen molar-refractivity contribution in [3.05, 3.63) is 41.3 Å². The summed E-state index contributed by atoms with van der Waals surface area (Å²) >= 11 is 0. The second-order valence-corrected chi connectivity index (χ2v) is 3.85. The summed E-state index contributed by atoms with van der Waals surface area (Å²) in [4.78, 5) is 13.1. The second kappa shape index (κ2) is 4.33. The van der Waals surface area contributed by atoms with E-state index in [0.717, 1.165) is 35.2 Å². The molecule has 1 aliphatic rings. The van der Waals surface area contributed by atoms with Crippen LogP contribution in [0, 0.1) is 0 Å². The molecule has 2 aromatic rings. The Bertz CT molecular complexity index is 640. The fourth-order valence-electron chi connectivity index (χ4n) is 1.79. The number of aromatic nitrogens is 3. The summed E-state index contributed by atoms with van der Waals surface area (Å²) in [6, 6.07) is 5.71. The van der Waals surface area contributed by atoms with Crippen molar-refractivity contribution in [2.75, 3.05) is 5.32 Å². The maximum absolute atomic E-state index is 4.51. The molecule has 0 aliphatic heterocycles. The van der Waals surface area contributed by atoms with Crippen molar-refractivity contribution >= 4 is 23.8 Å². The minimum atomic E-state index is 0. The Balaban J connectivity index is 0.00000120. The van der Waals surface area contributed by atoms with Crippen molar-refractivity contribution in [1.29, 1.82) is 0 Å². The SMILES string of the molecule is C1=c2ncc(Nc3ccccn3)nc2=CCC1.[HH]. The molecular formula is C13H14N4. The van der Waals surface area contributed by atoms with Crippen molar-refractivity contribution in [3.8, 4) is 0 Å². The van der Waals surface area contributed by atoms with Crippen LogP contribution in [0.15, 0.2) is 30.6 Å². The predicted molar refractivity (Wildman–Crippen MR) is 69.1 cm³/mol. The summed E-state index contributed by atoms with van der Waals surface area (Å²) in [6.45, 7) is 0. The summed E-state index contributed by atoms with van der Waals surface area (Å²) in [5.41, 5.74) is 0. The molecule has 0 atom stereocenters. The summed E-state index contributed by atoms with van der Waals surface area (Å²) in [5.74, 6) is 1.51. The smallest absolute Gasteiger partial charge is 0.150 e. The molecule has 0 bridgehead atoms. The van der Waals surface area contributed by atoms with Gasteiger partial charge in [0.25, 0.3) is 0 Å². The Labute approximate surface area is 100 Å². The van der Waals surface area contributed by atoms with Gasteiger partial charge < -0.3 is 5.32 Å². The van der Waals surface area contributed by atoms with Gasteiger partial charge >= 0.3 is 0 Å². The Morgan fingerprint density at radius 2 is 1.88 bits per heavy atom. The Hall–Kier alpha value is -2.23. The summed E-state index contributed by atoms with van der Waals surface area (Å²) in [7, 11) is 0. The molecule has 0 saturated heterocycles. The second-order valence-electron chi connectivity index (χ2n) is 3.85. The molecule has 2 heterocycles. The summed E-state index contributed by atoms with van der Waals surface area (Å²) < 4.78 is 0. The number of fused-ring (bicyclic) bond motifs is 1. The molecule has 1 N–H and O–H groups in total. The lowest BCUT2D eigenvalue weighted by atomic mass is 10.2. The number of nitrogens with zero attached hydrogens (tertiary/aromatic N) is 3. The zero-order valence-corrected chi connectivity index (χ0v) is 9.30. The molecule has 4 heteroatoms. The molecular weight excluding hydrogens is 212 g/mol. The van der Waals surface area contributed by atoms with Crippen molar-refractivity contribution in [2.45, 2.75) is 12.8 Å². The lowest BCUT2D eigenvalue weighted by Gasteiger charge is -2.05. The van der Waals surface area contributed by atoms with Crippen LogP contribution < -0.4 is 16.0 Å². The molecule has 86 valence electrons. The molecule has 0 aromatic carbocycles.